The third kappa shape index (κ3) is 1.65. The number of aromatic amines is 1. The van der Waals surface area contributed by atoms with Gasteiger partial charge in [0.1, 0.15) is 5.75 Å². The fraction of sp³-hybridized carbons (Fsp3) is 0.167. The number of ether oxygens (including phenoxy) is 2. The summed E-state index contributed by atoms with van der Waals surface area (Å²) in [5.74, 6) is 0.927. The fourth-order valence-electron chi connectivity index (χ4n) is 1.82. The molecule has 0 amide bonds. The standard InChI is InChI=1S/C12H11NO4/c1-16-10-3-7(5-14)12(17-2)11-9(10)4-8(6-15)13-11/h3-6,13H,1-2H3. The zero-order valence-corrected chi connectivity index (χ0v) is 9.44. The van der Waals surface area contributed by atoms with Crippen LogP contribution in [0.25, 0.3) is 10.9 Å². The Labute approximate surface area is 97.3 Å². The molecule has 0 saturated carbocycles. The Morgan fingerprint density at radius 2 is 1.88 bits per heavy atom. The van der Waals surface area contributed by atoms with Crippen LogP contribution >= 0.6 is 0 Å². The van der Waals surface area contributed by atoms with Crippen LogP contribution in [0.5, 0.6) is 11.5 Å². The Kier molecular flexibility index (Phi) is 2.82. The highest BCUT2D eigenvalue weighted by Gasteiger charge is 2.15. The molecule has 17 heavy (non-hydrogen) atoms. The van der Waals surface area contributed by atoms with E-state index in [0.29, 0.717) is 46.2 Å². The van der Waals surface area contributed by atoms with E-state index in [-0.39, 0.29) is 0 Å². The highest BCUT2D eigenvalue weighted by atomic mass is 16.5. The predicted octanol–water partition coefficient (Wildman–Crippen LogP) is 1.81. The number of hydrogen-bond acceptors (Lipinski definition) is 4. The lowest BCUT2D eigenvalue weighted by atomic mass is 10.1. The number of benzene rings is 1. The lowest BCUT2D eigenvalue weighted by Crippen LogP contribution is -1.94. The molecule has 1 heterocycles. The predicted molar refractivity (Wildman–Crippen MR) is 62.2 cm³/mol. The van der Waals surface area contributed by atoms with E-state index < -0.39 is 0 Å². The van der Waals surface area contributed by atoms with Gasteiger partial charge in [0.15, 0.2) is 18.3 Å². The number of carbonyl (C=O) groups excluding carboxylic acids is 2. The summed E-state index contributed by atoms with van der Waals surface area (Å²) in [5, 5.41) is 0.706. The molecule has 0 aliphatic heterocycles. The van der Waals surface area contributed by atoms with Gasteiger partial charge >= 0.3 is 0 Å². The van der Waals surface area contributed by atoms with E-state index in [1.54, 1.807) is 12.1 Å². The summed E-state index contributed by atoms with van der Waals surface area (Å²) in [7, 11) is 2.97. The summed E-state index contributed by atoms with van der Waals surface area (Å²) in [4.78, 5) is 24.6. The van der Waals surface area contributed by atoms with Crippen LogP contribution in [-0.4, -0.2) is 31.8 Å². The highest BCUT2D eigenvalue weighted by Crippen LogP contribution is 2.35. The van der Waals surface area contributed by atoms with E-state index >= 15 is 0 Å². The second kappa shape index (κ2) is 4.29. The average Bonchev–Trinajstić information content (AvgIpc) is 2.80. The van der Waals surface area contributed by atoms with Crippen molar-refractivity contribution in [2.75, 3.05) is 14.2 Å². The van der Waals surface area contributed by atoms with Crippen LogP contribution in [0.1, 0.15) is 20.8 Å². The normalized spacial score (nSPS) is 10.2. The maximum atomic E-state index is 11.0. The van der Waals surface area contributed by atoms with Crippen LogP contribution in [0.2, 0.25) is 0 Å². The minimum atomic E-state index is 0.371. The number of methoxy groups -OCH3 is 2. The van der Waals surface area contributed by atoms with E-state index in [1.807, 2.05) is 0 Å². The molecule has 0 atom stereocenters. The van der Waals surface area contributed by atoms with Crippen molar-refractivity contribution in [2.24, 2.45) is 0 Å². The Morgan fingerprint density at radius 3 is 2.41 bits per heavy atom. The monoisotopic (exact) mass is 233 g/mol. The maximum Gasteiger partial charge on any atom is 0.166 e. The Hall–Kier alpha value is -2.30. The molecule has 5 nitrogen and oxygen atoms in total. The topological polar surface area (TPSA) is 68.4 Å². The first kappa shape index (κ1) is 11.2. The first-order chi connectivity index (χ1) is 8.24. The van der Waals surface area contributed by atoms with Crippen LogP contribution in [-0.2, 0) is 0 Å². The minimum Gasteiger partial charge on any atom is -0.496 e. The third-order valence-electron chi connectivity index (χ3n) is 2.56. The second-order valence-corrected chi connectivity index (χ2v) is 3.45. The molecular formula is C12H11NO4. The average molecular weight is 233 g/mol. The number of fused-ring (bicyclic) bond motifs is 1. The smallest absolute Gasteiger partial charge is 0.166 e. The number of rotatable bonds is 4. The largest absolute Gasteiger partial charge is 0.496 e. The van der Waals surface area contributed by atoms with Crippen molar-refractivity contribution < 1.29 is 19.1 Å². The lowest BCUT2D eigenvalue weighted by molar-refractivity contribution is 0.111. The van der Waals surface area contributed by atoms with E-state index in [4.69, 9.17) is 9.47 Å². The zero-order valence-electron chi connectivity index (χ0n) is 9.44. The van der Waals surface area contributed by atoms with Crippen LogP contribution in [0.4, 0.5) is 0 Å². The van der Waals surface area contributed by atoms with Crippen molar-refractivity contribution in [3.05, 3.63) is 23.4 Å². The summed E-state index contributed by atoms with van der Waals surface area (Å²) >= 11 is 0. The molecule has 88 valence electrons. The van der Waals surface area contributed by atoms with Crippen molar-refractivity contribution in [3.63, 3.8) is 0 Å². The number of nitrogens with one attached hydrogen (secondary N) is 1. The molecular weight excluding hydrogens is 222 g/mol. The Balaban J connectivity index is 2.87. The summed E-state index contributed by atoms with van der Waals surface area (Å²) in [6, 6.07) is 3.23. The van der Waals surface area contributed by atoms with E-state index in [1.165, 1.54) is 14.2 Å². The quantitative estimate of drug-likeness (QED) is 0.818. The first-order valence-electron chi connectivity index (χ1n) is 4.93. The molecule has 2 rings (SSSR count). The molecule has 1 aromatic carbocycles. The van der Waals surface area contributed by atoms with Gasteiger partial charge in [0, 0.05) is 5.39 Å². The van der Waals surface area contributed by atoms with Gasteiger partial charge in [-0.25, -0.2) is 0 Å². The van der Waals surface area contributed by atoms with E-state index in [9.17, 15) is 9.59 Å². The molecule has 0 aliphatic carbocycles. The van der Waals surface area contributed by atoms with Gasteiger partial charge in [-0.2, -0.15) is 0 Å². The van der Waals surface area contributed by atoms with Gasteiger partial charge in [-0.3, -0.25) is 9.59 Å². The zero-order chi connectivity index (χ0) is 12.4. The van der Waals surface area contributed by atoms with Crippen molar-refractivity contribution in [2.45, 2.75) is 0 Å². The molecule has 0 aliphatic rings. The number of aromatic nitrogens is 1. The van der Waals surface area contributed by atoms with Crippen molar-refractivity contribution >= 4 is 23.5 Å². The van der Waals surface area contributed by atoms with Gasteiger partial charge in [-0.05, 0) is 12.1 Å². The lowest BCUT2D eigenvalue weighted by Gasteiger charge is -2.08. The molecule has 2 aromatic rings. The van der Waals surface area contributed by atoms with E-state index in [0.717, 1.165) is 0 Å². The van der Waals surface area contributed by atoms with Crippen LogP contribution in [0, 0.1) is 0 Å². The maximum absolute atomic E-state index is 11.0. The number of carbonyl (C=O) groups is 2. The van der Waals surface area contributed by atoms with Crippen LogP contribution in [0.15, 0.2) is 12.1 Å². The summed E-state index contributed by atoms with van der Waals surface area (Å²) < 4.78 is 10.3. The minimum absolute atomic E-state index is 0.371. The molecule has 0 bridgehead atoms. The Bertz CT molecular complexity index is 586. The van der Waals surface area contributed by atoms with Gasteiger partial charge in [-0.1, -0.05) is 0 Å². The summed E-state index contributed by atoms with van der Waals surface area (Å²) in [5.41, 5.74) is 1.35. The van der Waals surface area contributed by atoms with Gasteiger partial charge in [0.2, 0.25) is 0 Å². The molecule has 1 aromatic heterocycles. The number of hydrogen-bond donors (Lipinski definition) is 1. The molecule has 0 fully saturated rings. The van der Waals surface area contributed by atoms with Crippen molar-refractivity contribution in [3.8, 4) is 11.5 Å². The highest BCUT2D eigenvalue weighted by molar-refractivity contribution is 6.00. The molecule has 0 spiro atoms. The van der Waals surface area contributed by atoms with Crippen molar-refractivity contribution in [1.82, 2.24) is 4.98 Å². The van der Waals surface area contributed by atoms with Crippen LogP contribution < -0.4 is 9.47 Å². The van der Waals surface area contributed by atoms with Gasteiger partial charge in [-0.15, -0.1) is 0 Å². The summed E-state index contributed by atoms with van der Waals surface area (Å²) in [6.07, 6.45) is 1.38. The second-order valence-electron chi connectivity index (χ2n) is 3.45. The van der Waals surface area contributed by atoms with Gasteiger partial charge < -0.3 is 14.5 Å². The third-order valence-corrected chi connectivity index (χ3v) is 2.56. The van der Waals surface area contributed by atoms with Crippen LogP contribution in [0.3, 0.4) is 0 Å². The van der Waals surface area contributed by atoms with Crippen molar-refractivity contribution in [1.29, 1.82) is 0 Å². The van der Waals surface area contributed by atoms with Gasteiger partial charge in [0.25, 0.3) is 0 Å². The number of H-pyrrole nitrogens is 1. The molecule has 1 N–H and O–H groups in total. The van der Waals surface area contributed by atoms with Gasteiger partial charge in [0.05, 0.1) is 31.0 Å². The summed E-state index contributed by atoms with van der Waals surface area (Å²) in [6.45, 7) is 0. The SMILES string of the molecule is COc1cc(C=O)c(OC)c2[nH]c(C=O)cc12. The first-order valence-corrected chi connectivity index (χ1v) is 4.93. The fourth-order valence-corrected chi connectivity index (χ4v) is 1.82. The molecule has 5 heteroatoms. The van der Waals surface area contributed by atoms with E-state index in [2.05, 4.69) is 4.98 Å². The Morgan fingerprint density at radius 1 is 1.12 bits per heavy atom. The number of aldehydes is 2. The molecule has 0 unspecified atom stereocenters. The molecule has 0 saturated heterocycles. The molecule has 0 radical (unpaired) electrons.